The third-order valence-corrected chi connectivity index (χ3v) is 16.3. The fourth-order valence-electron chi connectivity index (χ4n) is 12.4. The number of aliphatic hydroxyl groups is 7. The Balaban J connectivity index is 0.898. The molecule has 1 saturated carbocycles. The SMILES string of the molecule is CC[C@@H]1CC[C@@H](C)C(OC2[C@H](O)C(OC3OC[C@](C)(O)C(N(C)CCCCCC(=O)NCCN[C@@H]4C(O)=C(C(N)=O)C(=O)[C@@]5(O)C(O)=C6C(=O)c7c(O)cccc7[C@@](C)(O)[C@H]6C[C@@H]45)[C@H]3O)[C@H](C)C[C@@H]2C)O1. The number of unbranched alkanes of at least 4 members (excludes halogenated alkanes) is 2. The summed E-state index contributed by atoms with van der Waals surface area (Å²) in [6.45, 7) is 11.4. The Kier molecular flexibility index (Phi) is 16.5. The number of hydrogen-bond acceptors (Lipinski definition) is 18. The van der Waals surface area contributed by atoms with Gasteiger partial charge in [0, 0.05) is 42.8 Å². The van der Waals surface area contributed by atoms with Gasteiger partial charge in [-0.2, -0.15) is 0 Å². The van der Waals surface area contributed by atoms with Crippen LogP contribution in [0.1, 0.15) is 115 Å². The number of fused-ring (bicyclic) bond motifs is 3. The quantitative estimate of drug-likeness (QED) is 0.0780. The summed E-state index contributed by atoms with van der Waals surface area (Å²) in [5, 5.41) is 97.8. The maximum atomic E-state index is 13.8. The highest BCUT2D eigenvalue weighted by atomic mass is 16.7. The number of phenols is 1. The van der Waals surface area contributed by atoms with E-state index in [0.717, 1.165) is 19.3 Å². The molecule has 71 heavy (non-hydrogen) atoms. The zero-order chi connectivity index (χ0) is 52.1. The highest BCUT2D eigenvalue weighted by Crippen LogP contribution is 2.56. The number of benzene rings is 1. The van der Waals surface area contributed by atoms with E-state index in [4.69, 9.17) is 24.7 Å². The zero-order valence-corrected chi connectivity index (χ0v) is 41.9. The first-order chi connectivity index (χ1) is 33.4. The molecular formula is C51H76N4O16. The number of aliphatic hydroxyl groups excluding tert-OH is 4. The number of likely N-dealkylation sites (N-methyl/N-ethyl adjacent to an activating group) is 1. The van der Waals surface area contributed by atoms with Crippen LogP contribution in [0.15, 0.2) is 40.9 Å². The van der Waals surface area contributed by atoms with Crippen molar-refractivity contribution in [1.29, 1.82) is 0 Å². The van der Waals surface area contributed by atoms with Gasteiger partial charge >= 0.3 is 0 Å². The highest BCUT2D eigenvalue weighted by Gasteiger charge is 2.65. The summed E-state index contributed by atoms with van der Waals surface area (Å²) in [7, 11) is 1.79. The molecule has 396 valence electrons. The van der Waals surface area contributed by atoms with Crippen LogP contribution in [0.4, 0.5) is 0 Å². The molecule has 6 aliphatic rings. The van der Waals surface area contributed by atoms with E-state index in [1.54, 1.807) is 14.0 Å². The number of phenolic OH excluding ortho intramolecular Hbond substituents is 1. The lowest BCUT2D eigenvalue weighted by atomic mass is 9.55. The molecule has 4 aliphatic carbocycles. The van der Waals surface area contributed by atoms with E-state index in [0.29, 0.717) is 32.2 Å². The van der Waals surface area contributed by atoms with Crippen molar-refractivity contribution < 1.29 is 79.0 Å². The lowest BCUT2D eigenvalue weighted by molar-refractivity contribution is -0.323. The molecular weight excluding hydrogens is 925 g/mol. The van der Waals surface area contributed by atoms with Gasteiger partial charge in [-0.1, -0.05) is 46.2 Å². The summed E-state index contributed by atoms with van der Waals surface area (Å²) in [5.41, 5.74) is -2.56. The van der Waals surface area contributed by atoms with Gasteiger partial charge in [0.25, 0.3) is 5.91 Å². The number of hydrogen-bond donors (Lipinski definition) is 11. The fourth-order valence-corrected chi connectivity index (χ4v) is 12.4. The van der Waals surface area contributed by atoms with Gasteiger partial charge in [0.2, 0.25) is 11.7 Å². The molecule has 2 amide bonds. The summed E-state index contributed by atoms with van der Waals surface area (Å²) in [6, 6.07) is 1.89. The van der Waals surface area contributed by atoms with Gasteiger partial charge < -0.3 is 76.2 Å². The van der Waals surface area contributed by atoms with Crippen LogP contribution in [0, 0.1) is 29.6 Å². The van der Waals surface area contributed by atoms with Crippen molar-refractivity contribution in [3.63, 3.8) is 0 Å². The molecule has 12 N–H and O–H groups in total. The number of rotatable bonds is 17. The maximum absolute atomic E-state index is 13.8. The lowest BCUT2D eigenvalue weighted by Crippen LogP contribution is -2.67. The monoisotopic (exact) mass is 1000 g/mol. The molecule has 2 saturated heterocycles. The Morgan fingerprint density at radius 2 is 1.58 bits per heavy atom. The van der Waals surface area contributed by atoms with Crippen molar-refractivity contribution in [3.8, 4) is 5.75 Å². The molecule has 20 heteroatoms. The number of carbonyl (C=O) groups is 4. The first kappa shape index (κ1) is 54.7. The first-order valence-corrected chi connectivity index (χ1v) is 25.3. The van der Waals surface area contributed by atoms with Gasteiger partial charge in [-0.3, -0.25) is 24.1 Å². The van der Waals surface area contributed by atoms with E-state index in [2.05, 4.69) is 24.5 Å². The highest BCUT2D eigenvalue weighted by molar-refractivity contribution is 6.24. The van der Waals surface area contributed by atoms with E-state index in [1.807, 2.05) is 18.7 Å². The number of aromatic hydroxyl groups is 1. The number of Topliss-reactive ketones (excluding diaryl/α,β-unsaturated/α-hetero) is 2. The average Bonchev–Trinajstić information content (AvgIpc) is 3.29. The molecule has 1 aromatic carbocycles. The van der Waals surface area contributed by atoms with Crippen LogP contribution >= 0.6 is 0 Å². The van der Waals surface area contributed by atoms with Gasteiger partial charge in [-0.25, -0.2) is 0 Å². The largest absolute Gasteiger partial charge is 0.510 e. The predicted molar refractivity (Wildman–Crippen MR) is 254 cm³/mol. The number of primary amides is 1. The Bertz CT molecular complexity index is 2230. The van der Waals surface area contributed by atoms with Crippen LogP contribution in [0.25, 0.3) is 0 Å². The number of carbonyl (C=O) groups excluding carboxylic acids is 4. The van der Waals surface area contributed by atoms with E-state index in [9.17, 15) is 60.0 Å². The minimum atomic E-state index is -2.93. The Hall–Kier alpha value is -4.06. The van der Waals surface area contributed by atoms with Gasteiger partial charge in [-0.15, -0.1) is 0 Å². The summed E-state index contributed by atoms with van der Waals surface area (Å²) in [5.74, 6) is -9.02. The molecule has 2 heterocycles. The normalized spacial score (nSPS) is 39.5. The molecule has 0 radical (unpaired) electrons. The summed E-state index contributed by atoms with van der Waals surface area (Å²) in [4.78, 5) is 54.8. The number of ether oxygens (including phenoxy) is 4. The number of ketones is 2. The summed E-state index contributed by atoms with van der Waals surface area (Å²) >= 11 is 0. The molecule has 1 aromatic rings. The Morgan fingerprint density at radius 3 is 2.24 bits per heavy atom. The topological polar surface area (TPSA) is 320 Å². The molecule has 5 unspecified atom stereocenters. The van der Waals surface area contributed by atoms with Crippen molar-refractivity contribution in [2.24, 2.45) is 35.3 Å². The molecule has 0 spiro atoms. The summed E-state index contributed by atoms with van der Waals surface area (Å²) in [6.07, 6.45) is 0.0524. The van der Waals surface area contributed by atoms with Crippen LogP contribution in [-0.2, 0) is 38.9 Å². The smallest absolute Gasteiger partial charge is 0.255 e. The second kappa shape index (κ2) is 21.4. The molecule has 2 aliphatic heterocycles. The molecule has 20 nitrogen and oxygen atoms in total. The average molecular weight is 1000 g/mol. The van der Waals surface area contributed by atoms with E-state index in [-0.39, 0.29) is 73.4 Å². The minimum absolute atomic E-state index is 0.00739. The van der Waals surface area contributed by atoms with Crippen molar-refractivity contribution in [2.45, 2.75) is 171 Å². The van der Waals surface area contributed by atoms with Crippen LogP contribution < -0.4 is 16.4 Å². The molecule has 17 atom stereocenters. The second-order valence-electron chi connectivity index (χ2n) is 21.6. The lowest BCUT2D eigenvalue weighted by Gasteiger charge is -2.52. The first-order valence-electron chi connectivity index (χ1n) is 25.3. The number of nitrogens with one attached hydrogen (secondary N) is 2. The standard InChI is InChI=1S/C51H76N4O16/c1-8-27-17-16-24(2)47(69-27)70-41-25(3)21-26(4)42(39(41)60)71-48-40(61)43(49(5,65)23-68-48)55(7)20-11-9-10-15-32(57)53-18-19-54-36-30-22-29-34(37(58)33-28(50(29,6)66)13-12-14-31(33)56)44(62)51(30,67)45(63)35(38(36)59)46(52)64/h12-14,24-27,29-30,36,39-43,47-48,54,56,59-62,65-67H,8-11,15-23H2,1-7H3,(H2,52,64)(H,53,57)/t24-,25+,26-,27-,29+,30+,36+,39+,40-,41?,42?,43?,47?,48?,49+,50-,51+/m1/s1. The van der Waals surface area contributed by atoms with Gasteiger partial charge in [0.1, 0.15) is 40.6 Å². The minimum Gasteiger partial charge on any atom is -0.510 e. The van der Waals surface area contributed by atoms with Gasteiger partial charge in [-0.05, 0) is 95.9 Å². The van der Waals surface area contributed by atoms with Gasteiger partial charge in [0.15, 0.2) is 24.0 Å². The molecule has 0 aromatic heterocycles. The Labute approximate surface area is 414 Å². The fraction of sp³-hybridized carbons (Fsp3) is 0.725. The van der Waals surface area contributed by atoms with Crippen LogP contribution in [-0.4, -0.2) is 169 Å². The number of nitrogens with zero attached hydrogens (tertiary/aromatic N) is 1. The van der Waals surface area contributed by atoms with Crippen molar-refractivity contribution in [2.75, 3.05) is 33.3 Å². The second-order valence-corrected chi connectivity index (χ2v) is 21.6. The van der Waals surface area contributed by atoms with Gasteiger partial charge in [0.05, 0.1) is 48.2 Å². The van der Waals surface area contributed by atoms with E-state index in [1.165, 1.54) is 25.1 Å². The third-order valence-electron chi connectivity index (χ3n) is 16.3. The van der Waals surface area contributed by atoms with E-state index < -0.39 is 124 Å². The summed E-state index contributed by atoms with van der Waals surface area (Å²) < 4.78 is 25.0. The third kappa shape index (κ3) is 10.3. The van der Waals surface area contributed by atoms with Crippen LogP contribution in [0.2, 0.25) is 0 Å². The Morgan fingerprint density at radius 1 is 0.901 bits per heavy atom. The van der Waals surface area contributed by atoms with E-state index >= 15 is 0 Å². The predicted octanol–water partition coefficient (Wildman–Crippen LogP) is 1.62. The van der Waals surface area contributed by atoms with Crippen molar-refractivity contribution in [1.82, 2.24) is 15.5 Å². The number of nitrogens with two attached hydrogens (primary N) is 1. The molecule has 0 bridgehead atoms. The molecule has 3 fully saturated rings. The number of amides is 2. The zero-order valence-electron chi connectivity index (χ0n) is 41.9. The molecule has 7 rings (SSSR count). The maximum Gasteiger partial charge on any atom is 0.255 e. The van der Waals surface area contributed by atoms with Crippen LogP contribution in [0.5, 0.6) is 5.75 Å². The van der Waals surface area contributed by atoms with Crippen molar-refractivity contribution in [3.05, 3.63) is 52.0 Å². The van der Waals surface area contributed by atoms with Crippen LogP contribution in [0.3, 0.4) is 0 Å². The van der Waals surface area contributed by atoms with Crippen molar-refractivity contribution >= 4 is 23.4 Å².